The van der Waals surface area contributed by atoms with E-state index in [1.165, 1.54) is 0 Å². The minimum atomic E-state index is -0.215. The third-order valence-electron chi connectivity index (χ3n) is 4.65. The fourth-order valence-corrected chi connectivity index (χ4v) is 3.31. The summed E-state index contributed by atoms with van der Waals surface area (Å²) in [6.07, 6.45) is 4.70. The van der Waals surface area contributed by atoms with Gasteiger partial charge in [-0.15, -0.1) is 0 Å². The van der Waals surface area contributed by atoms with Gasteiger partial charge in [-0.2, -0.15) is 5.26 Å². The van der Waals surface area contributed by atoms with Crippen LogP contribution < -0.4 is 0 Å². The quantitative estimate of drug-likeness (QED) is 0.846. The van der Waals surface area contributed by atoms with E-state index in [2.05, 4.69) is 11.0 Å². The Morgan fingerprint density at radius 1 is 1.27 bits per heavy atom. The summed E-state index contributed by atoms with van der Waals surface area (Å²) in [4.78, 5) is 16.3. The molecule has 138 valence electrons. The molecule has 0 aliphatic carbocycles. The Kier molecular flexibility index (Phi) is 5.79. The van der Waals surface area contributed by atoms with Crippen molar-refractivity contribution in [2.24, 2.45) is 5.92 Å². The van der Waals surface area contributed by atoms with Gasteiger partial charge in [0.15, 0.2) is 0 Å². The van der Waals surface area contributed by atoms with Crippen LogP contribution in [0.5, 0.6) is 0 Å². The molecule has 26 heavy (non-hydrogen) atoms. The molecular weight excluding hydrogens is 328 g/mol. The Hall–Kier alpha value is -2.52. The van der Waals surface area contributed by atoms with Gasteiger partial charge < -0.3 is 14.0 Å². The highest BCUT2D eigenvalue weighted by atomic mass is 16.6. The lowest BCUT2D eigenvalue weighted by atomic mass is 10.1. The van der Waals surface area contributed by atoms with Gasteiger partial charge >= 0.3 is 6.09 Å². The highest BCUT2D eigenvalue weighted by molar-refractivity contribution is 5.67. The van der Waals surface area contributed by atoms with Gasteiger partial charge in [-0.25, -0.2) is 4.79 Å². The maximum atomic E-state index is 12.2. The molecule has 1 aliphatic heterocycles. The molecule has 0 unspecified atom stereocenters. The van der Waals surface area contributed by atoms with E-state index >= 15 is 0 Å². The summed E-state index contributed by atoms with van der Waals surface area (Å²) in [6.45, 7) is 8.32. The van der Waals surface area contributed by atoms with Crippen molar-refractivity contribution in [3.8, 4) is 6.07 Å². The number of carbonyl (C=O) groups excluding carboxylic acids is 1. The molecule has 3 rings (SSSR count). The van der Waals surface area contributed by atoms with Crippen LogP contribution in [0, 0.1) is 17.2 Å². The van der Waals surface area contributed by atoms with Crippen molar-refractivity contribution in [3.63, 3.8) is 0 Å². The molecule has 0 radical (unpaired) electrons. The third-order valence-corrected chi connectivity index (χ3v) is 4.65. The molecule has 0 spiro atoms. The molecule has 0 bridgehead atoms. The number of ether oxygens (including phenoxy) is 1. The van der Waals surface area contributed by atoms with E-state index in [0.29, 0.717) is 19.1 Å². The van der Waals surface area contributed by atoms with Crippen LogP contribution in [-0.2, 0) is 11.3 Å². The second kappa shape index (κ2) is 8.24. The molecule has 1 aliphatic rings. The topological polar surface area (TPSA) is 61.0 Å². The van der Waals surface area contributed by atoms with E-state index in [1.54, 1.807) is 4.90 Å². The number of carbonyl (C=O) groups is 1. The lowest BCUT2D eigenvalue weighted by molar-refractivity contribution is 0.0930. The van der Waals surface area contributed by atoms with Crippen molar-refractivity contribution >= 4 is 11.6 Å². The lowest BCUT2D eigenvalue weighted by Gasteiger charge is -2.22. The predicted molar refractivity (Wildman–Crippen MR) is 99.8 cm³/mol. The number of hydrogen-bond donors (Lipinski definition) is 0. The Morgan fingerprint density at radius 3 is 2.88 bits per heavy atom. The van der Waals surface area contributed by atoms with Crippen LogP contribution in [0.15, 0.2) is 30.6 Å². The molecule has 1 amide bonds. The van der Waals surface area contributed by atoms with E-state index in [1.807, 2.05) is 48.8 Å². The van der Waals surface area contributed by atoms with Crippen LogP contribution in [0.3, 0.4) is 0 Å². The minimum absolute atomic E-state index is 0.215. The van der Waals surface area contributed by atoms with E-state index in [4.69, 9.17) is 4.74 Å². The molecule has 2 aromatic rings. The van der Waals surface area contributed by atoms with Crippen LogP contribution in [0.4, 0.5) is 4.79 Å². The Morgan fingerprint density at radius 2 is 2.12 bits per heavy atom. The molecule has 2 aromatic heterocycles. The number of nitriles is 1. The zero-order valence-electron chi connectivity index (χ0n) is 15.5. The largest absolute Gasteiger partial charge is 0.449 e. The second-order valence-electron chi connectivity index (χ2n) is 7.22. The van der Waals surface area contributed by atoms with Crippen LogP contribution in [0.1, 0.15) is 31.4 Å². The summed E-state index contributed by atoms with van der Waals surface area (Å²) in [6, 6.07) is 8.23. The van der Waals surface area contributed by atoms with Crippen molar-refractivity contribution in [1.82, 2.24) is 14.2 Å². The summed E-state index contributed by atoms with van der Waals surface area (Å²) in [5.41, 5.74) is 2.72. The van der Waals surface area contributed by atoms with Crippen LogP contribution in [0.25, 0.3) is 5.52 Å². The van der Waals surface area contributed by atoms with E-state index in [-0.39, 0.29) is 6.09 Å². The molecule has 0 aromatic carbocycles. The zero-order valence-corrected chi connectivity index (χ0v) is 15.5. The van der Waals surface area contributed by atoms with Gasteiger partial charge in [0.25, 0.3) is 0 Å². The molecule has 1 fully saturated rings. The van der Waals surface area contributed by atoms with Crippen molar-refractivity contribution in [1.29, 1.82) is 5.26 Å². The maximum absolute atomic E-state index is 12.2. The number of amides is 1. The van der Waals surface area contributed by atoms with E-state index < -0.39 is 0 Å². The Balaban J connectivity index is 1.64. The van der Waals surface area contributed by atoms with Gasteiger partial charge in [0.2, 0.25) is 0 Å². The van der Waals surface area contributed by atoms with Gasteiger partial charge in [0, 0.05) is 50.7 Å². The number of pyridine rings is 1. The SMILES string of the molecule is CC(C)COC(=O)N1CCCN(Cc2cn3ccccc3c2C#N)CC1. The first kappa shape index (κ1) is 18.3. The third kappa shape index (κ3) is 4.17. The number of fused-ring (bicyclic) bond motifs is 1. The first-order valence-electron chi connectivity index (χ1n) is 9.21. The summed E-state index contributed by atoms with van der Waals surface area (Å²) >= 11 is 0. The summed E-state index contributed by atoms with van der Waals surface area (Å²) in [7, 11) is 0. The predicted octanol–water partition coefficient (Wildman–Crippen LogP) is 3.11. The van der Waals surface area contributed by atoms with Crippen LogP contribution in [0.2, 0.25) is 0 Å². The molecule has 0 atom stereocenters. The van der Waals surface area contributed by atoms with Crippen molar-refractivity contribution in [2.75, 3.05) is 32.8 Å². The van der Waals surface area contributed by atoms with E-state index in [9.17, 15) is 10.1 Å². The molecule has 6 heteroatoms. The van der Waals surface area contributed by atoms with Gasteiger partial charge in [-0.1, -0.05) is 19.9 Å². The fraction of sp³-hybridized carbons (Fsp3) is 0.500. The van der Waals surface area contributed by atoms with Crippen molar-refractivity contribution < 1.29 is 9.53 Å². The second-order valence-corrected chi connectivity index (χ2v) is 7.22. The van der Waals surface area contributed by atoms with Crippen molar-refractivity contribution in [3.05, 3.63) is 41.7 Å². The zero-order chi connectivity index (χ0) is 18.5. The number of hydrogen-bond acceptors (Lipinski definition) is 4. The highest BCUT2D eigenvalue weighted by Gasteiger charge is 2.21. The van der Waals surface area contributed by atoms with Gasteiger partial charge in [0.1, 0.15) is 6.07 Å². The minimum Gasteiger partial charge on any atom is -0.449 e. The maximum Gasteiger partial charge on any atom is 0.409 e. The smallest absolute Gasteiger partial charge is 0.409 e. The van der Waals surface area contributed by atoms with E-state index in [0.717, 1.165) is 49.2 Å². The fourth-order valence-electron chi connectivity index (χ4n) is 3.31. The van der Waals surface area contributed by atoms with Gasteiger partial charge in [0.05, 0.1) is 17.7 Å². The molecule has 1 saturated heterocycles. The Labute approximate surface area is 154 Å². The summed E-state index contributed by atoms with van der Waals surface area (Å²) in [5.74, 6) is 0.343. The van der Waals surface area contributed by atoms with Gasteiger partial charge in [-0.3, -0.25) is 4.90 Å². The standard InChI is InChI=1S/C20H26N4O2/c1-16(2)15-26-20(25)23-9-5-7-22(10-11-23)13-17-14-24-8-4-3-6-19(24)18(17)12-21/h3-4,6,8,14,16H,5,7,9-11,13,15H2,1-2H3. The molecule has 3 heterocycles. The molecule has 0 N–H and O–H groups in total. The number of rotatable bonds is 4. The summed E-state index contributed by atoms with van der Waals surface area (Å²) in [5, 5.41) is 9.56. The monoisotopic (exact) mass is 354 g/mol. The highest BCUT2D eigenvalue weighted by Crippen LogP contribution is 2.20. The average Bonchev–Trinajstić information content (AvgIpc) is 2.80. The van der Waals surface area contributed by atoms with Crippen LogP contribution in [-0.4, -0.2) is 53.1 Å². The first-order valence-corrected chi connectivity index (χ1v) is 9.21. The lowest BCUT2D eigenvalue weighted by Crippen LogP contribution is -2.36. The molecule has 0 saturated carbocycles. The average molecular weight is 354 g/mol. The summed E-state index contributed by atoms with van der Waals surface area (Å²) < 4.78 is 7.35. The normalized spacial score (nSPS) is 15.8. The number of aromatic nitrogens is 1. The van der Waals surface area contributed by atoms with Gasteiger partial charge in [-0.05, 0) is 24.5 Å². The molecule has 6 nitrogen and oxygen atoms in total. The number of nitrogens with zero attached hydrogens (tertiary/aromatic N) is 4. The Bertz CT molecular complexity index is 806. The molecular formula is C20H26N4O2. The first-order chi connectivity index (χ1) is 12.6. The van der Waals surface area contributed by atoms with Crippen LogP contribution >= 0.6 is 0 Å². The van der Waals surface area contributed by atoms with Crippen molar-refractivity contribution in [2.45, 2.75) is 26.8 Å².